The molecule has 0 aliphatic carbocycles. The van der Waals surface area contributed by atoms with Gasteiger partial charge in [-0.3, -0.25) is 4.79 Å². The highest BCUT2D eigenvalue weighted by Crippen LogP contribution is 2.27. The summed E-state index contributed by atoms with van der Waals surface area (Å²) in [6.45, 7) is 3.32. The number of hydrogen-bond donors (Lipinski definition) is 2. The van der Waals surface area contributed by atoms with Crippen LogP contribution in [0.3, 0.4) is 0 Å². The zero-order chi connectivity index (χ0) is 15.1. The van der Waals surface area contributed by atoms with Gasteiger partial charge in [0.25, 0.3) is 5.91 Å². The Morgan fingerprint density at radius 1 is 1.41 bits per heavy atom. The first-order valence-corrected chi connectivity index (χ1v) is 7.82. The number of anilines is 1. The van der Waals surface area contributed by atoms with Gasteiger partial charge in [0.15, 0.2) is 11.5 Å². The molecule has 2 aliphatic rings. The zero-order valence-electron chi connectivity index (χ0n) is 12.6. The number of fused-ring (bicyclic) bond motifs is 3. The highest BCUT2D eigenvalue weighted by molar-refractivity contribution is 5.96. The Hall–Kier alpha value is -2.08. The molecule has 2 aliphatic heterocycles. The average molecular weight is 300 g/mol. The van der Waals surface area contributed by atoms with Crippen LogP contribution in [0.4, 0.5) is 5.88 Å². The summed E-state index contributed by atoms with van der Waals surface area (Å²) >= 11 is 0. The van der Waals surface area contributed by atoms with E-state index in [-0.39, 0.29) is 11.9 Å². The lowest BCUT2D eigenvalue weighted by atomic mass is 9.97. The van der Waals surface area contributed by atoms with Crippen LogP contribution in [0.2, 0.25) is 0 Å². The standard InChI is InChI=1S/C16H20N4O2/c1-17-15-6-11-5-13(18-7-14(11)22-15)16(21)19-12-4-10-2-3-20(8-10)9-12/h5-7,10,12,17H,2-4,8-9H2,1H3,(H,19,21)/t10-,12-/m1/s1. The Labute approximate surface area is 128 Å². The van der Waals surface area contributed by atoms with E-state index in [0.717, 1.165) is 24.3 Å². The molecule has 0 aromatic carbocycles. The van der Waals surface area contributed by atoms with Crippen molar-refractivity contribution in [3.05, 3.63) is 24.0 Å². The highest BCUT2D eigenvalue weighted by Gasteiger charge is 2.33. The second-order valence-electron chi connectivity index (χ2n) is 6.29. The number of carbonyl (C=O) groups excluding carboxylic acids is 1. The van der Waals surface area contributed by atoms with E-state index in [0.29, 0.717) is 17.2 Å². The van der Waals surface area contributed by atoms with Crippen LogP contribution < -0.4 is 10.6 Å². The quantitative estimate of drug-likeness (QED) is 0.903. The number of rotatable bonds is 3. The molecular formula is C16H20N4O2. The summed E-state index contributed by atoms with van der Waals surface area (Å²) in [5.74, 6) is 1.31. The summed E-state index contributed by atoms with van der Waals surface area (Å²) in [4.78, 5) is 19.1. The maximum Gasteiger partial charge on any atom is 0.270 e. The van der Waals surface area contributed by atoms with Gasteiger partial charge in [-0.15, -0.1) is 0 Å². The lowest BCUT2D eigenvalue weighted by Crippen LogP contribution is -2.47. The molecule has 2 bridgehead atoms. The number of carbonyl (C=O) groups is 1. The van der Waals surface area contributed by atoms with E-state index >= 15 is 0 Å². The van der Waals surface area contributed by atoms with Gasteiger partial charge in [0.2, 0.25) is 0 Å². The predicted molar refractivity (Wildman–Crippen MR) is 84.0 cm³/mol. The minimum atomic E-state index is -0.0957. The lowest BCUT2D eigenvalue weighted by Gasteiger charge is -2.30. The number of piperidine rings is 1. The number of furan rings is 1. The molecule has 6 nitrogen and oxygen atoms in total. The summed E-state index contributed by atoms with van der Waals surface area (Å²) in [6, 6.07) is 3.90. The molecule has 2 aromatic rings. The van der Waals surface area contributed by atoms with Crippen molar-refractivity contribution in [1.82, 2.24) is 15.2 Å². The fraction of sp³-hybridized carbons (Fsp3) is 0.500. The van der Waals surface area contributed by atoms with E-state index in [2.05, 4.69) is 20.5 Å². The van der Waals surface area contributed by atoms with E-state index in [1.165, 1.54) is 19.5 Å². The first-order valence-electron chi connectivity index (χ1n) is 7.82. The van der Waals surface area contributed by atoms with Gasteiger partial charge in [-0.05, 0) is 31.4 Å². The van der Waals surface area contributed by atoms with Crippen molar-refractivity contribution in [3.63, 3.8) is 0 Å². The Kier molecular flexibility index (Phi) is 3.26. The van der Waals surface area contributed by atoms with Gasteiger partial charge in [0, 0.05) is 37.6 Å². The first kappa shape index (κ1) is 13.6. The van der Waals surface area contributed by atoms with Gasteiger partial charge in [0.05, 0.1) is 6.20 Å². The molecular weight excluding hydrogens is 280 g/mol. The van der Waals surface area contributed by atoms with Crippen molar-refractivity contribution in [1.29, 1.82) is 0 Å². The minimum Gasteiger partial charge on any atom is -0.439 e. The molecule has 4 rings (SSSR count). The fourth-order valence-electron chi connectivity index (χ4n) is 3.62. The van der Waals surface area contributed by atoms with E-state index in [9.17, 15) is 4.79 Å². The minimum absolute atomic E-state index is 0.0957. The lowest BCUT2D eigenvalue weighted by molar-refractivity contribution is 0.0904. The van der Waals surface area contributed by atoms with Gasteiger partial charge >= 0.3 is 0 Å². The van der Waals surface area contributed by atoms with Crippen LogP contribution in [-0.4, -0.2) is 48.5 Å². The summed E-state index contributed by atoms with van der Waals surface area (Å²) < 4.78 is 5.53. The second-order valence-corrected chi connectivity index (χ2v) is 6.29. The summed E-state index contributed by atoms with van der Waals surface area (Å²) in [7, 11) is 1.80. The third-order valence-electron chi connectivity index (χ3n) is 4.68. The number of aromatic nitrogens is 1. The fourth-order valence-corrected chi connectivity index (χ4v) is 3.62. The van der Waals surface area contributed by atoms with Crippen molar-refractivity contribution >= 4 is 22.8 Å². The first-order chi connectivity index (χ1) is 10.7. The van der Waals surface area contributed by atoms with Crippen molar-refractivity contribution in [2.45, 2.75) is 18.9 Å². The summed E-state index contributed by atoms with van der Waals surface area (Å²) in [5.41, 5.74) is 1.13. The highest BCUT2D eigenvalue weighted by atomic mass is 16.3. The van der Waals surface area contributed by atoms with Crippen LogP contribution in [0.5, 0.6) is 0 Å². The molecule has 1 amide bonds. The van der Waals surface area contributed by atoms with Crippen LogP contribution in [0.1, 0.15) is 23.3 Å². The van der Waals surface area contributed by atoms with Gasteiger partial charge in [0.1, 0.15) is 5.69 Å². The number of nitrogens with one attached hydrogen (secondary N) is 2. The number of nitrogens with zero attached hydrogens (tertiary/aromatic N) is 2. The second kappa shape index (κ2) is 5.28. The molecule has 0 spiro atoms. The van der Waals surface area contributed by atoms with Crippen LogP contribution in [0.15, 0.2) is 22.7 Å². The molecule has 2 saturated heterocycles. The van der Waals surface area contributed by atoms with E-state index in [1.54, 1.807) is 19.3 Å². The van der Waals surface area contributed by atoms with Gasteiger partial charge in [-0.2, -0.15) is 0 Å². The largest absolute Gasteiger partial charge is 0.439 e. The third-order valence-corrected chi connectivity index (χ3v) is 4.68. The maximum atomic E-state index is 12.4. The normalized spacial score (nSPS) is 27.0. The number of pyridine rings is 1. The number of hydrogen-bond acceptors (Lipinski definition) is 5. The van der Waals surface area contributed by atoms with Gasteiger partial charge < -0.3 is 20.0 Å². The smallest absolute Gasteiger partial charge is 0.270 e. The molecule has 116 valence electrons. The molecule has 4 heterocycles. The molecule has 3 atom stereocenters. The molecule has 2 aromatic heterocycles. The topological polar surface area (TPSA) is 70.4 Å². The Bertz CT molecular complexity index is 699. The van der Waals surface area contributed by atoms with Crippen molar-refractivity contribution in [2.75, 3.05) is 32.0 Å². The van der Waals surface area contributed by atoms with E-state index in [4.69, 9.17) is 4.42 Å². The van der Waals surface area contributed by atoms with E-state index < -0.39 is 0 Å². The Balaban J connectivity index is 1.50. The SMILES string of the molecule is CNc1cc2cc(C(=O)N[C@@H]3C[C@H]4CCN(C4)C3)ncc2o1. The molecule has 2 fully saturated rings. The zero-order valence-corrected chi connectivity index (χ0v) is 12.6. The van der Waals surface area contributed by atoms with Gasteiger partial charge in [-0.25, -0.2) is 4.98 Å². The predicted octanol–water partition coefficient (Wildman–Crippen LogP) is 1.69. The molecule has 22 heavy (non-hydrogen) atoms. The van der Waals surface area contributed by atoms with Gasteiger partial charge in [-0.1, -0.05) is 0 Å². The number of amides is 1. The van der Waals surface area contributed by atoms with E-state index in [1.807, 2.05) is 6.07 Å². The summed E-state index contributed by atoms with van der Waals surface area (Å²) in [6.07, 6.45) is 3.96. The Morgan fingerprint density at radius 3 is 3.14 bits per heavy atom. The van der Waals surface area contributed by atoms with Crippen LogP contribution >= 0.6 is 0 Å². The summed E-state index contributed by atoms with van der Waals surface area (Å²) in [5, 5.41) is 6.97. The molecule has 6 heteroatoms. The monoisotopic (exact) mass is 300 g/mol. The van der Waals surface area contributed by atoms with Crippen LogP contribution in [0, 0.1) is 5.92 Å². The van der Waals surface area contributed by atoms with Crippen LogP contribution in [0.25, 0.3) is 11.0 Å². The van der Waals surface area contributed by atoms with Crippen LogP contribution in [-0.2, 0) is 0 Å². The molecule has 0 saturated carbocycles. The average Bonchev–Trinajstić information content (AvgIpc) is 3.09. The maximum absolute atomic E-state index is 12.4. The molecule has 2 N–H and O–H groups in total. The molecule has 0 radical (unpaired) electrons. The molecule has 1 unspecified atom stereocenters. The van der Waals surface area contributed by atoms with Crippen molar-refractivity contribution in [2.24, 2.45) is 5.92 Å². The Morgan fingerprint density at radius 2 is 2.32 bits per heavy atom. The van der Waals surface area contributed by atoms with Crippen molar-refractivity contribution < 1.29 is 9.21 Å². The third kappa shape index (κ3) is 2.43. The van der Waals surface area contributed by atoms with Crippen molar-refractivity contribution in [3.8, 4) is 0 Å².